The number of aliphatic hydroxyl groups is 1. The van der Waals surface area contributed by atoms with E-state index >= 15 is 0 Å². The van der Waals surface area contributed by atoms with E-state index in [4.69, 9.17) is 4.74 Å². The first kappa shape index (κ1) is 15.6. The third-order valence-corrected chi connectivity index (χ3v) is 3.48. The highest BCUT2D eigenvalue weighted by Crippen LogP contribution is 2.22. The minimum Gasteiger partial charge on any atom is -0.491 e. The van der Waals surface area contributed by atoms with E-state index in [0.717, 1.165) is 11.3 Å². The van der Waals surface area contributed by atoms with Crippen LogP contribution in [0.3, 0.4) is 0 Å². The van der Waals surface area contributed by atoms with Gasteiger partial charge in [-0.15, -0.1) is 0 Å². The van der Waals surface area contributed by atoms with E-state index < -0.39 is 6.10 Å². The third kappa shape index (κ3) is 4.91. The highest BCUT2D eigenvalue weighted by atomic mass is 16.5. The molecular formula is C19H24O2. The van der Waals surface area contributed by atoms with Gasteiger partial charge in [0.15, 0.2) is 0 Å². The molecule has 0 saturated carbocycles. The van der Waals surface area contributed by atoms with Crippen molar-refractivity contribution < 1.29 is 9.84 Å². The summed E-state index contributed by atoms with van der Waals surface area (Å²) >= 11 is 0. The molecule has 0 aliphatic rings. The van der Waals surface area contributed by atoms with Crippen molar-refractivity contribution in [2.24, 2.45) is 0 Å². The van der Waals surface area contributed by atoms with Crippen LogP contribution in [0.5, 0.6) is 5.75 Å². The standard InChI is InChI=1S/C19H24O2/c1-19(2,3)16-11-9-15(10-12-16)13-17(20)14-21-18-7-5-4-6-8-18/h4-12,17,20H,13-14H2,1-3H3. The Hall–Kier alpha value is -1.80. The number of ether oxygens (including phenoxy) is 1. The quantitative estimate of drug-likeness (QED) is 0.900. The summed E-state index contributed by atoms with van der Waals surface area (Å²) in [4.78, 5) is 0. The van der Waals surface area contributed by atoms with Gasteiger partial charge in [0, 0.05) is 6.42 Å². The maximum absolute atomic E-state index is 10.1. The fraction of sp³-hybridized carbons (Fsp3) is 0.368. The molecule has 2 aromatic carbocycles. The molecule has 0 aromatic heterocycles. The van der Waals surface area contributed by atoms with Crippen LogP contribution in [-0.4, -0.2) is 17.8 Å². The minimum absolute atomic E-state index is 0.160. The van der Waals surface area contributed by atoms with Crippen LogP contribution < -0.4 is 4.74 Å². The van der Waals surface area contributed by atoms with Gasteiger partial charge in [-0.3, -0.25) is 0 Å². The molecule has 0 aliphatic heterocycles. The average molecular weight is 284 g/mol. The van der Waals surface area contributed by atoms with Gasteiger partial charge in [-0.2, -0.15) is 0 Å². The number of hydrogen-bond acceptors (Lipinski definition) is 2. The smallest absolute Gasteiger partial charge is 0.119 e. The molecule has 2 rings (SSSR count). The molecule has 0 bridgehead atoms. The third-order valence-electron chi connectivity index (χ3n) is 3.48. The maximum Gasteiger partial charge on any atom is 0.119 e. The lowest BCUT2D eigenvalue weighted by Gasteiger charge is -2.19. The van der Waals surface area contributed by atoms with Gasteiger partial charge in [-0.25, -0.2) is 0 Å². The van der Waals surface area contributed by atoms with Crippen LogP contribution in [0, 0.1) is 0 Å². The lowest BCUT2D eigenvalue weighted by molar-refractivity contribution is 0.108. The Morgan fingerprint density at radius 3 is 2.14 bits per heavy atom. The Bertz CT molecular complexity index is 538. The topological polar surface area (TPSA) is 29.5 Å². The second-order valence-electron chi connectivity index (χ2n) is 6.43. The zero-order chi connectivity index (χ0) is 15.3. The van der Waals surface area contributed by atoms with Gasteiger partial charge in [0.05, 0.1) is 6.10 Å². The van der Waals surface area contributed by atoms with E-state index in [2.05, 4.69) is 45.0 Å². The molecule has 112 valence electrons. The summed E-state index contributed by atoms with van der Waals surface area (Å²) in [5.41, 5.74) is 2.60. The van der Waals surface area contributed by atoms with Crippen LogP contribution in [0.15, 0.2) is 54.6 Å². The van der Waals surface area contributed by atoms with E-state index in [0.29, 0.717) is 13.0 Å². The molecule has 0 spiro atoms. The summed E-state index contributed by atoms with van der Waals surface area (Å²) < 4.78 is 5.57. The monoisotopic (exact) mass is 284 g/mol. The van der Waals surface area contributed by atoms with Crippen LogP contribution in [0.1, 0.15) is 31.9 Å². The molecule has 21 heavy (non-hydrogen) atoms. The van der Waals surface area contributed by atoms with Crippen molar-refractivity contribution in [1.29, 1.82) is 0 Å². The van der Waals surface area contributed by atoms with Gasteiger partial charge in [-0.05, 0) is 28.7 Å². The van der Waals surface area contributed by atoms with Crippen molar-refractivity contribution in [3.63, 3.8) is 0 Å². The zero-order valence-electron chi connectivity index (χ0n) is 13.0. The minimum atomic E-state index is -0.495. The van der Waals surface area contributed by atoms with Crippen LogP contribution in [0.2, 0.25) is 0 Å². The van der Waals surface area contributed by atoms with E-state index in [1.807, 2.05) is 30.3 Å². The summed E-state index contributed by atoms with van der Waals surface area (Å²) in [5, 5.41) is 10.1. The first-order chi connectivity index (χ1) is 9.95. The van der Waals surface area contributed by atoms with E-state index in [9.17, 15) is 5.11 Å². The molecule has 0 saturated heterocycles. The molecule has 2 aromatic rings. The molecule has 0 heterocycles. The van der Waals surface area contributed by atoms with Crippen LogP contribution >= 0.6 is 0 Å². The number of aliphatic hydroxyl groups excluding tert-OH is 1. The second-order valence-corrected chi connectivity index (χ2v) is 6.43. The van der Waals surface area contributed by atoms with Gasteiger partial charge in [0.2, 0.25) is 0 Å². The van der Waals surface area contributed by atoms with Crippen LogP contribution in [0.4, 0.5) is 0 Å². The number of benzene rings is 2. The van der Waals surface area contributed by atoms with Gasteiger partial charge < -0.3 is 9.84 Å². The highest BCUT2D eigenvalue weighted by Gasteiger charge is 2.13. The Kier molecular flexibility index (Phi) is 5.03. The number of para-hydroxylation sites is 1. The molecule has 2 heteroatoms. The van der Waals surface area contributed by atoms with Crippen molar-refractivity contribution in [1.82, 2.24) is 0 Å². The Morgan fingerprint density at radius 1 is 0.952 bits per heavy atom. The number of hydrogen-bond donors (Lipinski definition) is 1. The van der Waals surface area contributed by atoms with E-state index in [1.165, 1.54) is 5.56 Å². The van der Waals surface area contributed by atoms with Gasteiger partial charge >= 0.3 is 0 Å². The highest BCUT2D eigenvalue weighted by molar-refractivity contribution is 5.28. The predicted molar refractivity (Wildman–Crippen MR) is 86.8 cm³/mol. The molecule has 2 nitrogen and oxygen atoms in total. The molecular weight excluding hydrogens is 260 g/mol. The molecule has 0 fully saturated rings. The molecule has 0 amide bonds. The summed E-state index contributed by atoms with van der Waals surface area (Å²) in [6.45, 7) is 6.91. The predicted octanol–water partition coefficient (Wildman–Crippen LogP) is 3.97. The van der Waals surface area contributed by atoms with Gasteiger partial charge in [0.25, 0.3) is 0 Å². The summed E-state index contributed by atoms with van der Waals surface area (Å²) in [6, 6.07) is 18.0. The molecule has 0 radical (unpaired) electrons. The first-order valence-corrected chi connectivity index (χ1v) is 7.40. The van der Waals surface area contributed by atoms with Crippen molar-refractivity contribution >= 4 is 0 Å². The molecule has 1 N–H and O–H groups in total. The second kappa shape index (κ2) is 6.77. The lowest BCUT2D eigenvalue weighted by Crippen LogP contribution is -2.20. The fourth-order valence-corrected chi connectivity index (χ4v) is 2.18. The fourth-order valence-electron chi connectivity index (χ4n) is 2.18. The van der Waals surface area contributed by atoms with Crippen molar-refractivity contribution in [2.75, 3.05) is 6.61 Å². The molecule has 0 aliphatic carbocycles. The van der Waals surface area contributed by atoms with Crippen molar-refractivity contribution in [3.8, 4) is 5.75 Å². The zero-order valence-corrected chi connectivity index (χ0v) is 13.0. The SMILES string of the molecule is CC(C)(C)c1ccc(CC(O)COc2ccccc2)cc1. The van der Waals surface area contributed by atoms with Crippen LogP contribution in [-0.2, 0) is 11.8 Å². The first-order valence-electron chi connectivity index (χ1n) is 7.40. The Balaban J connectivity index is 1.86. The van der Waals surface area contributed by atoms with Gasteiger partial charge in [-0.1, -0.05) is 63.2 Å². The van der Waals surface area contributed by atoms with Crippen LogP contribution in [0.25, 0.3) is 0 Å². The lowest BCUT2D eigenvalue weighted by atomic mass is 9.86. The maximum atomic E-state index is 10.1. The summed E-state index contributed by atoms with van der Waals surface area (Å²) in [6.07, 6.45) is 0.114. The molecule has 1 unspecified atom stereocenters. The van der Waals surface area contributed by atoms with Crippen molar-refractivity contribution in [3.05, 3.63) is 65.7 Å². The Morgan fingerprint density at radius 2 is 1.57 bits per heavy atom. The average Bonchev–Trinajstić information content (AvgIpc) is 2.46. The Labute approximate surface area is 127 Å². The van der Waals surface area contributed by atoms with Gasteiger partial charge in [0.1, 0.15) is 12.4 Å². The number of rotatable bonds is 5. The summed E-state index contributed by atoms with van der Waals surface area (Å²) in [7, 11) is 0. The van der Waals surface area contributed by atoms with Crippen molar-refractivity contribution in [2.45, 2.75) is 38.7 Å². The van der Waals surface area contributed by atoms with E-state index in [1.54, 1.807) is 0 Å². The largest absolute Gasteiger partial charge is 0.491 e. The normalized spacial score (nSPS) is 13.0. The molecule has 1 atom stereocenters. The van der Waals surface area contributed by atoms with E-state index in [-0.39, 0.29) is 5.41 Å². The summed E-state index contributed by atoms with van der Waals surface area (Å²) in [5.74, 6) is 0.791.